The van der Waals surface area contributed by atoms with E-state index in [0.29, 0.717) is 35.8 Å². The Bertz CT molecular complexity index is 900. The third kappa shape index (κ3) is 7.48. The van der Waals surface area contributed by atoms with Crippen molar-refractivity contribution in [2.45, 2.75) is 19.8 Å². The van der Waals surface area contributed by atoms with Crippen molar-refractivity contribution in [3.63, 3.8) is 0 Å². The van der Waals surface area contributed by atoms with Gasteiger partial charge in [-0.05, 0) is 48.7 Å². The lowest BCUT2D eigenvalue weighted by Crippen LogP contribution is -2.27. The van der Waals surface area contributed by atoms with Gasteiger partial charge in [0.1, 0.15) is 5.75 Å². The summed E-state index contributed by atoms with van der Waals surface area (Å²) >= 11 is 5.91. The number of hydrogen-bond donors (Lipinski definition) is 2. The highest BCUT2D eigenvalue weighted by atomic mass is 35.5. The maximum absolute atomic E-state index is 12.1. The van der Waals surface area contributed by atoms with E-state index < -0.39 is 10.0 Å². The van der Waals surface area contributed by atoms with Crippen LogP contribution in [0.1, 0.15) is 17.5 Å². The molecule has 0 heterocycles. The van der Waals surface area contributed by atoms with Crippen molar-refractivity contribution < 1.29 is 17.9 Å². The molecule has 146 valence electrons. The molecule has 0 aromatic heterocycles. The highest BCUT2D eigenvalue weighted by Crippen LogP contribution is 2.21. The number of hydrogen-bond acceptors (Lipinski definition) is 4. The number of para-hydroxylation sites is 1. The van der Waals surface area contributed by atoms with Crippen LogP contribution in [-0.4, -0.2) is 33.7 Å². The molecule has 0 aliphatic carbocycles. The number of carbonyl (C=O) groups excluding carboxylic acids is 1. The van der Waals surface area contributed by atoms with Crippen LogP contribution in [0.25, 0.3) is 0 Å². The Labute approximate surface area is 164 Å². The minimum atomic E-state index is -3.40. The van der Waals surface area contributed by atoms with E-state index in [1.807, 2.05) is 19.1 Å². The fraction of sp³-hybridized carbons (Fsp3) is 0.316. The third-order valence-electron chi connectivity index (χ3n) is 3.70. The number of nitrogens with one attached hydrogen (secondary N) is 2. The summed E-state index contributed by atoms with van der Waals surface area (Å²) in [6.07, 6.45) is 1.82. The van der Waals surface area contributed by atoms with E-state index >= 15 is 0 Å². The predicted molar refractivity (Wildman–Crippen MR) is 108 cm³/mol. The van der Waals surface area contributed by atoms with Crippen LogP contribution in [0.5, 0.6) is 5.75 Å². The van der Waals surface area contributed by atoms with Crippen LogP contribution >= 0.6 is 11.6 Å². The van der Waals surface area contributed by atoms with Crippen molar-refractivity contribution in [3.05, 3.63) is 58.6 Å². The van der Waals surface area contributed by atoms with E-state index in [-0.39, 0.29) is 12.3 Å². The molecule has 2 N–H and O–H groups in total. The predicted octanol–water partition coefficient (Wildman–Crippen LogP) is 3.15. The van der Waals surface area contributed by atoms with Crippen LogP contribution in [0.4, 0.5) is 5.69 Å². The van der Waals surface area contributed by atoms with Crippen molar-refractivity contribution >= 4 is 33.2 Å². The largest absolute Gasteiger partial charge is 0.493 e. The van der Waals surface area contributed by atoms with Crippen LogP contribution in [-0.2, 0) is 21.2 Å². The Morgan fingerprint density at radius 2 is 1.93 bits per heavy atom. The minimum absolute atomic E-state index is 0.0931. The quantitative estimate of drug-likeness (QED) is 0.622. The third-order valence-corrected chi connectivity index (χ3v) is 4.53. The standard InChI is InChI=1S/C19H23ClN2O4S/c1-14-12-16(20)8-9-18(14)26-11-5-10-21-19(23)13-15-6-3-4-7-17(15)22-27(2,24)25/h3-4,6-9,12,22H,5,10-11,13H2,1-2H3,(H,21,23). The summed E-state index contributed by atoms with van der Waals surface area (Å²) in [5, 5.41) is 3.48. The summed E-state index contributed by atoms with van der Waals surface area (Å²) < 4.78 is 30.9. The minimum Gasteiger partial charge on any atom is -0.493 e. The van der Waals surface area contributed by atoms with Gasteiger partial charge in [-0.3, -0.25) is 9.52 Å². The Morgan fingerprint density at radius 3 is 2.63 bits per heavy atom. The van der Waals surface area contributed by atoms with Gasteiger partial charge in [0.15, 0.2) is 0 Å². The van der Waals surface area contributed by atoms with Gasteiger partial charge < -0.3 is 10.1 Å². The monoisotopic (exact) mass is 410 g/mol. The first-order valence-corrected chi connectivity index (χ1v) is 10.7. The lowest BCUT2D eigenvalue weighted by Gasteiger charge is -2.12. The lowest BCUT2D eigenvalue weighted by atomic mass is 10.1. The van der Waals surface area contributed by atoms with Gasteiger partial charge in [-0.15, -0.1) is 0 Å². The molecular weight excluding hydrogens is 388 g/mol. The summed E-state index contributed by atoms with van der Waals surface area (Å²) in [4.78, 5) is 12.1. The summed E-state index contributed by atoms with van der Waals surface area (Å²) in [5.41, 5.74) is 1.99. The lowest BCUT2D eigenvalue weighted by molar-refractivity contribution is -0.120. The molecule has 0 saturated carbocycles. The number of halogens is 1. The fourth-order valence-electron chi connectivity index (χ4n) is 2.47. The number of sulfonamides is 1. The molecule has 6 nitrogen and oxygen atoms in total. The zero-order chi connectivity index (χ0) is 19.9. The number of benzene rings is 2. The van der Waals surface area contributed by atoms with Crippen molar-refractivity contribution in [2.75, 3.05) is 24.1 Å². The van der Waals surface area contributed by atoms with Crippen LogP contribution in [0.3, 0.4) is 0 Å². The Balaban J connectivity index is 1.77. The van der Waals surface area contributed by atoms with E-state index in [0.717, 1.165) is 17.6 Å². The SMILES string of the molecule is Cc1cc(Cl)ccc1OCCCNC(=O)Cc1ccccc1NS(C)(=O)=O. The molecule has 0 saturated heterocycles. The van der Waals surface area contributed by atoms with Crippen LogP contribution in [0, 0.1) is 6.92 Å². The maximum Gasteiger partial charge on any atom is 0.229 e. The van der Waals surface area contributed by atoms with E-state index in [2.05, 4.69) is 10.0 Å². The van der Waals surface area contributed by atoms with Gasteiger partial charge in [0.25, 0.3) is 0 Å². The second kappa shape index (κ2) is 9.62. The van der Waals surface area contributed by atoms with Gasteiger partial charge in [0.2, 0.25) is 15.9 Å². The van der Waals surface area contributed by atoms with Gasteiger partial charge in [-0.2, -0.15) is 0 Å². The summed E-state index contributed by atoms with van der Waals surface area (Å²) in [6, 6.07) is 12.3. The van der Waals surface area contributed by atoms with Crippen LogP contribution in [0.2, 0.25) is 5.02 Å². The Hall–Kier alpha value is -2.25. The molecule has 0 spiro atoms. The van der Waals surface area contributed by atoms with E-state index in [1.165, 1.54) is 0 Å². The average Bonchev–Trinajstić information content (AvgIpc) is 2.57. The molecule has 0 unspecified atom stereocenters. The van der Waals surface area contributed by atoms with E-state index in [1.54, 1.807) is 30.3 Å². The molecule has 1 amide bonds. The topological polar surface area (TPSA) is 84.5 Å². The number of carbonyl (C=O) groups is 1. The van der Waals surface area contributed by atoms with Crippen LogP contribution < -0.4 is 14.8 Å². The Morgan fingerprint density at radius 1 is 1.19 bits per heavy atom. The van der Waals surface area contributed by atoms with Crippen molar-refractivity contribution in [2.24, 2.45) is 0 Å². The van der Waals surface area contributed by atoms with Gasteiger partial charge in [-0.1, -0.05) is 29.8 Å². The number of amides is 1. The van der Waals surface area contributed by atoms with E-state index in [4.69, 9.17) is 16.3 Å². The number of rotatable bonds is 9. The molecule has 27 heavy (non-hydrogen) atoms. The molecule has 0 bridgehead atoms. The van der Waals surface area contributed by atoms with Crippen LogP contribution in [0.15, 0.2) is 42.5 Å². The first kappa shape index (κ1) is 21.1. The van der Waals surface area contributed by atoms with Gasteiger partial charge >= 0.3 is 0 Å². The molecule has 0 aliphatic heterocycles. The highest BCUT2D eigenvalue weighted by molar-refractivity contribution is 7.92. The molecule has 8 heteroatoms. The van der Waals surface area contributed by atoms with Crippen molar-refractivity contribution in [3.8, 4) is 5.75 Å². The maximum atomic E-state index is 12.1. The molecule has 0 atom stereocenters. The zero-order valence-electron chi connectivity index (χ0n) is 15.3. The van der Waals surface area contributed by atoms with Gasteiger partial charge in [0, 0.05) is 11.6 Å². The highest BCUT2D eigenvalue weighted by Gasteiger charge is 2.10. The smallest absolute Gasteiger partial charge is 0.229 e. The van der Waals surface area contributed by atoms with Crippen molar-refractivity contribution in [1.82, 2.24) is 5.32 Å². The Kier molecular flexibility index (Phi) is 7.50. The average molecular weight is 411 g/mol. The summed E-state index contributed by atoms with van der Waals surface area (Å²) in [5.74, 6) is 0.590. The van der Waals surface area contributed by atoms with Gasteiger partial charge in [0.05, 0.1) is 25.0 Å². The molecular formula is C19H23ClN2O4S. The first-order chi connectivity index (χ1) is 12.7. The second-order valence-corrected chi connectivity index (χ2v) is 8.35. The number of ether oxygens (including phenoxy) is 1. The molecule has 0 fully saturated rings. The molecule has 2 aromatic rings. The molecule has 2 rings (SSSR count). The van der Waals surface area contributed by atoms with Gasteiger partial charge in [-0.25, -0.2) is 8.42 Å². The molecule has 0 aliphatic rings. The number of anilines is 1. The molecule has 0 radical (unpaired) electrons. The number of aryl methyl sites for hydroxylation is 1. The first-order valence-electron chi connectivity index (χ1n) is 8.46. The van der Waals surface area contributed by atoms with Crippen molar-refractivity contribution in [1.29, 1.82) is 0 Å². The zero-order valence-corrected chi connectivity index (χ0v) is 16.9. The fourth-order valence-corrected chi connectivity index (χ4v) is 3.29. The normalized spacial score (nSPS) is 11.1. The summed E-state index contributed by atoms with van der Waals surface area (Å²) in [6.45, 7) is 2.85. The second-order valence-electron chi connectivity index (χ2n) is 6.17. The molecule has 2 aromatic carbocycles. The van der Waals surface area contributed by atoms with E-state index in [9.17, 15) is 13.2 Å². The summed E-state index contributed by atoms with van der Waals surface area (Å²) in [7, 11) is -3.40.